The molecule has 1 aliphatic rings. The fraction of sp³-hybridized carbons (Fsp3) is 0.298. The zero-order valence-corrected chi connectivity index (χ0v) is 29.6. The van der Waals surface area contributed by atoms with Crippen LogP contribution >= 0.6 is 0 Å². The van der Waals surface area contributed by atoms with Crippen molar-refractivity contribution in [3.63, 3.8) is 0 Å². The number of fused-ring (bicyclic) bond motifs is 3. The van der Waals surface area contributed by atoms with Crippen LogP contribution in [0.4, 0.5) is 0 Å². The van der Waals surface area contributed by atoms with Crippen LogP contribution in [-0.2, 0) is 0 Å². The lowest BCUT2D eigenvalue weighted by atomic mass is 9.65. The van der Waals surface area contributed by atoms with Gasteiger partial charge in [-0.1, -0.05) is 51.1 Å². The summed E-state index contributed by atoms with van der Waals surface area (Å²) < 4.78 is 112. The number of benzene rings is 3. The number of aromatic nitrogens is 3. The van der Waals surface area contributed by atoms with E-state index in [4.69, 9.17) is 30.6 Å². The van der Waals surface area contributed by atoms with E-state index in [1.807, 2.05) is 6.20 Å². The van der Waals surface area contributed by atoms with Crippen molar-refractivity contribution in [3.8, 4) is 45.1 Å². The van der Waals surface area contributed by atoms with Crippen LogP contribution in [0.15, 0.2) is 95.7 Å². The van der Waals surface area contributed by atoms with Crippen molar-refractivity contribution in [3.05, 3.63) is 125 Å². The summed E-state index contributed by atoms with van der Waals surface area (Å²) in [7, 11) is 0. The highest BCUT2D eigenvalue weighted by Gasteiger charge is 2.34. The lowest BCUT2D eigenvalue weighted by Gasteiger charge is -2.40. The zero-order chi connectivity index (χ0) is 46.3. The number of nitrogens with zero attached hydrogens (tertiary/aromatic N) is 3. The summed E-state index contributed by atoms with van der Waals surface area (Å²) in [4.78, 5) is 13.7. The molecule has 4 heterocycles. The Hall–Kier alpha value is -5.29. The van der Waals surface area contributed by atoms with Gasteiger partial charge >= 0.3 is 0 Å². The number of aryl methyl sites for hydroxylation is 4. The molecule has 0 bridgehead atoms. The van der Waals surface area contributed by atoms with Gasteiger partial charge in [0, 0.05) is 56.4 Å². The minimum atomic E-state index is -2.81. The lowest BCUT2D eigenvalue weighted by molar-refractivity contribution is 0.167. The number of ether oxygens (including phenoxy) is 1. The summed E-state index contributed by atoms with van der Waals surface area (Å²) in [5.74, 6) is 0.779. The highest BCUT2D eigenvalue weighted by molar-refractivity contribution is 6.09. The van der Waals surface area contributed by atoms with Gasteiger partial charge in [-0.2, -0.15) is 0 Å². The number of rotatable bonds is 6. The molecule has 0 radical (unpaired) electrons. The van der Waals surface area contributed by atoms with E-state index in [1.165, 1.54) is 18.2 Å². The van der Waals surface area contributed by atoms with E-state index < -0.39 is 38.5 Å². The third-order valence-electron chi connectivity index (χ3n) is 10.5. The monoisotopic (exact) mass is 697 g/mol. The molecule has 0 amide bonds. The third-order valence-corrected chi connectivity index (χ3v) is 10.5. The van der Waals surface area contributed by atoms with Crippen LogP contribution in [0.5, 0.6) is 11.5 Å². The number of hydrogen-bond donors (Lipinski definition) is 0. The maximum atomic E-state index is 8.82. The molecule has 5 heteroatoms. The van der Waals surface area contributed by atoms with Crippen molar-refractivity contribution >= 4 is 22.1 Å². The Morgan fingerprint density at radius 3 is 2.40 bits per heavy atom. The number of hydrogen-bond acceptors (Lipinski definition) is 5. The lowest BCUT2D eigenvalue weighted by Crippen LogP contribution is -2.27. The van der Waals surface area contributed by atoms with E-state index in [-0.39, 0.29) is 56.6 Å². The van der Waals surface area contributed by atoms with Gasteiger partial charge in [0.05, 0.1) is 11.4 Å². The molecule has 0 spiro atoms. The average molecular weight is 698 g/mol. The molecule has 3 aromatic carbocycles. The van der Waals surface area contributed by atoms with Crippen molar-refractivity contribution in [1.29, 1.82) is 0 Å². The quantitative estimate of drug-likeness (QED) is 0.173. The van der Waals surface area contributed by atoms with Crippen LogP contribution < -0.4 is 4.74 Å². The van der Waals surface area contributed by atoms with Crippen LogP contribution in [-0.4, -0.2) is 15.0 Å². The van der Waals surface area contributed by atoms with E-state index in [0.717, 1.165) is 36.6 Å². The molecule has 2 atom stereocenters. The van der Waals surface area contributed by atoms with Crippen LogP contribution in [0, 0.1) is 45.7 Å². The summed E-state index contributed by atoms with van der Waals surface area (Å²) in [6, 6.07) is 21.6. The maximum Gasteiger partial charge on any atom is 0.227 e. The van der Waals surface area contributed by atoms with Gasteiger partial charge in [-0.15, -0.1) is 0 Å². The molecule has 1 saturated carbocycles. The molecule has 262 valence electrons. The van der Waals surface area contributed by atoms with E-state index in [0.29, 0.717) is 39.1 Å². The second-order valence-corrected chi connectivity index (χ2v) is 14.9. The van der Waals surface area contributed by atoms with Gasteiger partial charge in [-0.25, -0.2) is 4.98 Å². The van der Waals surface area contributed by atoms with Gasteiger partial charge in [0.2, 0.25) is 5.71 Å². The molecule has 0 saturated heterocycles. The molecule has 7 aromatic rings. The average Bonchev–Trinajstić information content (AvgIpc) is 3.57. The molecule has 2 unspecified atom stereocenters. The van der Waals surface area contributed by atoms with Gasteiger partial charge in [-0.3, -0.25) is 9.97 Å². The first kappa shape index (κ1) is 22.6. The highest BCUT2D eigenvalue weighted by Crippen LogP contribution is 2.48. The van der Waals surface area contributed by atoms with Gasteiger partial charge in [0.15, 0.2) is 0 Å². The van der Waals surface area contributed by atoms with Crippen molar-refractivity contribution in [2.45, 2.75) is 80.3 Å². The van der Waals surface area contributed by atoms with E-state index in [2.05, 4.69) is 43.7 Å². The Kier molecular flexibility index (Phi) is 5.67. The first-order chi connectivity index (χ1) is 29.8. The van der Waals surface area contributed by atoms with E-state index in [9.17, 15) is 0 Å². The summed E-state index contributed by atoms with van der Waals surface area (Å²) in [5.41, 5.74) is 4.02. The van der Waals surface area contributed by atoms with Gasteiger partial charge in [0.1, 0.15) is 17.1 Å². The van der Waals surface area contributed by atoms with Crippen molar-refractivity contribution in [2.24, 2.45) is 11.3 Å². The Balaban J connectivity index is 1.37. The van der Waals surface area contributed by atoms with E-state index >= 15 is 0 Å². The van der Waals surface area contributed by atoms with Crippen molar-refractivity contribution in [1.82, 2.24) is 15.0 Å². The molecule has 1 fully saturated rings. The first-order valence-corrected chi connectivity index (χ1v) is 17.6. The van der Waals surface area contributed by atoms with Crippen LogP contribution in [0.1, 0.15) is 95.9 Å². The Labute approximate surface area is 324 Å². The fourth-order valence-corrected chi connectivity index (χ4v) is 7.91. The van der Waals surface area contributed by atoms with Crippen molar-refractivity contribution < 1.29 is 25.6 Å². The summed E-state index contributed by atoms with van der Waals surface area (Å²) in [6.07, 6.45) is 6.00. The highest BCUT2D eigenvalue weighted by atomic mass is 16.5. The number of pyridine rings is 3. The minimum Gasteiger partial charge on any atom is -0.457 e. The largest absolute Gasteiger partial charge is 0.457 e. The predicted octanol–water partition coefficient (Wildman–Crippen LogP) is 13.0. The molecule has 0 aliphatic heterocycles. The van der Waals surface area contributed by atoms with E-state index in [1.54, 1.807) is 54.6 Å². The maximum absolute atomic E-state index is 8.82. The third kappa shape index (κ3) is 6.27. The van der Waals surface area contributed by atoms with Gasteiger partial charge < -0.3 is 9.15 Å². The molecule has 4 aromatic heterocycles. The second-order valence-electron chi connectivity index (χ2n) is 14.9. The molecule has 8 rings (SSSR count). The molecular formula is C47H47N3O2. The van der Waals surface area contributed by atoms with Crippen LogP contribution in [0.3, 0.4) is 0 Å². The molecular weight excluding hydrogens is 639 g/mol. The Morgan fingerprint density at radius 2 is 1.62 bits per heavy atom. The SMILES string of the molecule is [2H]C([2H])([2H])c1ccc2c(n1)oc1c(-c3cc(C4CCC(C)(C)CC4C)c(C)cn3)cc(Oc3cc(-c4cc(C([2H])([2H])[2H])c(C([2H])([2H])[2H])cn4)cc(-c4ccccc4)c3C([2H])([2H])[2H])cc12. The molecule has 5 nitrogen and oxygen atoms in total. The number of furan rings is 1. The minimum absolute atomic E-state index is 0.0862. The predicted molar refractivity (Wildman–Crippen MR) is 213 cm³/mol. The topological polar surface area (TPSA) is 61.0 Å². The smallest absolute Gasteiger partial charge is 0.227 e. The van der Waals surface area contributed by atoms with Gasteiger partial charge in [-0.05, 0) is 158 Å². The Bertz CT molecular complexity index is 2910. The van der Waals surface area contributed by atoms with Crippen LogP contribution in [0.2, 0.25) is 0 Å². The molecule has 1 aliphatic carbocycles. The summed E-state index contributed by atoms with van der Waals surface area (Å²) in [6.45, 7) is -1.88. The van der Waals surface area contributed by atoms with Crippen LogP contribution in [0.25, 0.3) is 55.7 Å². The summed E-state index contributed by atoms with van der Waals surface area (Å²) in [5, 5.41) is 1.01. The first-order valence-electron chi connectivity index (χ1n) is 23.6. The summed E-state index contributed by atoms with van der Waals surface area (Å²) >= 11 is 0. The molecule has 52 heavy (non-hydrogen) atoms. The van der Waals surface area contributed by atoms with Crippen molar-refractivity contribution in [2.75, 3.05) is 0 Å². The standard InChI is InChI=1S/C47H47N3O2/c1-27-18-42(48-25-29(27)3)34-19-39(33-12-10-9-11-13-33)32(6)44(20-34)51-35-21-40-37-15-14-31(5)50-46(37)52-45(40)41(22-35)43-23-38(30(4)26-49-43)36-16-17-47(7,8)24-28(36)2/h9-15,18-23,25-26,28,36H,16-17,24H2,1-8H3/i1D3,3D3,5D3,6D3. The zero-order valence-electron chi connectivity index (χ0n) is 41.6. The molecule has 0 N–H and O–H groups in total. The Morgan fingerprint density at radius 1 is 0.788 bits per heavy atom. The second kappa shape index (κ2) is 13.0. The fourth-order valence-electron chi connectivity index (χ4n) is 7.91. The normalized spacial score (nSPS) is 21.5. The van der Waals surface area contributed by atoms with Gasteiger partial charge in [0.25, 0.3) is 0 Å².